The first-order chi connectivity index (χ1) is 14.7. The van der Waals surface area contributed by atoms with Crippen LogP contribution < -0.4 is 15.8 Å². The highest BCUT2D eigenvalue weighted by Crippen LogP contribution is 2.47. The first-order valence-electron chi connectivity index (χ1n) is 10.5. The first-order valence-corrected chi connectivity index (χ1v) is 11.3. The maximum Gasteiger partial charge on any atom is 0.404 e. The summed E-state index contributed by atoms with van der Waals surface area (Å²) >= 11 is 12.5. The Labute approximate surface area is 191 Å². The standard InChI is InChI=1S/C22H26Cl2N4O3/c1-13-19(25-14(2)28(20(13)29)16-6-3-5-15(23)18(16)24)27-11-9-22(10-12-27)8-4-7-17(22)26-21(30)31/h3,5-6,17,26H,4,7-12H2,1-2H3,(H,30,31)/t17-/m1/s1. The van der Waals surface area contributed by atoms with E-state index in [4.69, 9.17) is 28.2 Å². The van der Waals surface area contributed by atoms with Crippen LogP contribution in [0.4, 0.5) is 10.6 Å². The Bertz CT molecular complexity index is 1080. The topological polar surface area (TPSA) is 87.5 Å². The zero-order valence-electron chi connectivity index (χ0n) is 17.6. The molecule has 1 aromatic heterocycles. The van der Waals surface area contributed by atoms with Gasteiger partial charge in [-0.05, 0) is 57.1 Å². The van der Waals surface area contributed by atoms with Crippen molar-refractivity contribution in [2.24, 2.45) is 5.41 Å². The summed E-state index contributed by atoms with van der Waals surface area (Å²) in [5.74, 6) is 1.23. The number of aryl methyl sites for hydroxylation is 1. The lowest BCUT2D eigenvalue weighted by atomic mass is 9.74. The van der Waals surface area contributed by atoms with Gasteiger partial charge in [0.05, 0.1) is 21.3 Å². The van der Waals surface area contributed by atoms with E-state index in [0.717, 1.165) is 45.2 Å². The van der Waals surface area contributed by atoms with Crippen molar-refractivity contribution in [1.29, 1.82) is 0 Å². The van der Waals surface area contributed by atoms with Crippen LogP contribution in [0, 0.1) is 19.3 Å². The Morgan fingerprint density at radius 2 is 1.94 bits per heavy atom. The number of amides is 1. The number of rotatable bonds is 3. The molecule has 1 saturated heterocycles. The second-order valence-electron chi connectivity index (χ2n) is 8.56. The van der Waals surface area contributed by atoms with Crippen LogP contribution >= 0.6 is 23.2 Å². The summed E-state index contributed by atoms with van der Waals surface area (Å²) in [6.07, 6.45) is 3.76. The SMILES string of the molecule is Cc1c(N2CCC3(CCC[C@H]3NC(=O)O)CC2)nc(C)n(-c2cccc(Cl)c2Cl)c1=O. The zero-order valence-corrected chi connectivity index (χ0v) is 19.1. The number of nitrogens with one attached hydrogen (secondary N) is 1. The zero-order chi connectivity index (χ0) is 22.3. The average Bonchev–Trinajstić information content (AvgIpc) is 3.09. The molecule has 2 heterocycles. The van der Waals surface area contributed by atoms with Gasteiger partial charge in [-0.15, -0.1) is 0 Å². The van der Waals surface area contributed by atoms with Crippen molar-refractivity contribution in [3.8, 4) is 5.69 Å². The lowest BCUT2D eigenvalue weighted by Gasteiger charge is -2.43. The number of nitrogens with zero attached hydrogens (tertiary/aromatic N) is 3. The van der Waals surface area contributed by atoms with Gasteiger partial charge >= 0.3 is 6.09 Å². The van der Waals surface area contributed by atoms with E-state index < -0.39 is 6.09 Å². The molecule has 2 fully saturated rings. The Hall–Kier alpha value is -2.25. The Kier molecular flexibility index (Phi) is 5.92. The molecule has 1 aliphatic heterocycles. The molecule has 1 amide bonds. The normalized spacial score (nSPS) is 20.3. The van der Waals surface area contributed by atoms with Gasteiger partial charge in [0.25, 0.3) is 5.56 Å². The smallest absolute Gasteiger partial charge is 0.404 e. The second-order valence-corrected chi connectivity index (χ2v) is 9.35. The van der Waals surface area contributed by atoms with Crippen molar-refractivity contribution in [2.45, 2.75) is 52.0 Å². The third-order valence-electron chi connectivity index (χ3n) is 6.89. The number of anilines is 1. The fraction of sp³-hybridized carbons (Fsp3) is 0.500. The monoisotopic (exact) mass is 464 g/mol. The number of carbonyl (C=O) groups is 1. The van der Waals surface area contributed by atoms with Gasteiger partial charge in [0.1, 0.15) is 11.6 Å². The maximum atomic E-state index is 13.3. The Morgan fingerprint density at radius 3 is 2.61 bits per heavy atom. The van der Waals surface area contributed by atoms with E-state index in [1.54, 1.807) is 32.0 Å². The summed E-state index contributed by atoms with van der Waals surface area (Å²) in [6.45, 7) is 5.06. The minimum Gasteiger partial charge on any atom is -0.465 e. The van der Waals surface area contributed by atoms with Gasteiger partial charge in [-0.2, -0.15) is 0 Å². The van der Waals surface area contributed by atoms with Gasteiger partial charge in [0.15, 0.2) is 0 Å². The maximum absolute atomic E-state index is 13.3. The van der Waals surface area contributed by atoms with Crippen molar-refractivity contribution in [2.75, 3.05) is 18.0 Å². The summed E-state index contributed by atoms with van der Waals surface area (Å²) in [5.41, 5.74) is 0.911. The molecular formula is C22H26Cl2N4O3. The van der Waals surface area contributed by atoms with E-state index in [1.807, 2.05) is 0 Å². The van der Waals surface area contributed by atoms with Gasteiger partial charge in [-0.3, -0.25) is 9.36 Å². The summed E-state index contributed by atoms with van der Waals surface area (Å²) in [6, 6.07) is 5.19. The quantitative estimate of drug-likeness (QED) is 0.694. The summed E-state index contributed by atoms with van der Waals surface area (Å²) in [7, 11) is 0. The largest absolute Gasteiger partial charge is 0.465 e. The van der Waals surface area contributed by atoms with Crippen LogP contribution in [-0.2, 0) is 0 Å². The van der Waals surface area contributed by atoms with Crippen molar-refractivity contribution < 1.29 is 9.90 Å². The molecular weight excluding hydrogens is 439 g/mol. The van der Waals surface area contributed by atoms with Crippen LogP contribution in [0.1, 0.15) is 43.5 Å². The predicted octanol–water partition coefficient (Wildman–Crippen LogP) is 4.56. The van der Waals surface area contributed by atoms with Gasteiger partial charge in [-0.1, -0.05) is 35.7 Å². The molecule has 1 aromatic carbocycles. The molecule has 0 radical (unpaired) electrons. The predicted molar refractivity (Wildman–Crippen MR) is 122 cm³/mol. The molecule has 9 heteroatoms. The molecule has 2 aromatic rings. The van der Waals surface area contributed by atoms with Crippen LogP contribution in [0.15, 0.2) is 23.0 Å². The molecule has 0 unspecified atom stereocenters. The molecule has 2 aliphatic rings. The number of carboxylic acid groups (broad SMARTS) is 1. The van der Waals surface area contributed by atoms with Crippen molar-refractivity contribution in [3.63, 3.8) is 0 Å². The molecule has 7 nitrogen and oxygen atoms in total. The van der Waals surface area contributed by atoms with Gasteiger partial charge in [0.2, 0.25) is 0 Å². The van der Waals surface area contributed by atoms with Gasteiger partial charge in [-0.25, -0.2) is 9.78 Å². The first kappa shape index (κ1) is 22.0. The molecule has 1 saturated carbocycles. The van der Waals surface area contributed by atoms with E-state index in [0.29, 0.717) is 32.9 Å². The molecule has 1 aliphatic carbocycles. The number of halogens is 2. The summed E-state index contributed by atoms with van der Waals surface area (Å²) in [5, 5.41) is 12.6. The summed E-state index contributed by atoms with van der Waals surface area (Å²) < 4.78 is 1.50. The van der Waals surface area contributed by atoms with Crippen molar-refractivity contribution >= 4 is 35.1 Å². The lowest BCUT2D eigenvalue weighted by molar-refractivity contribution is 0.149. The second kappa shape index (κ2) is 8.36. The minimum atomic E-state index is -0.954. The number of hydrogen-bond donors (Lipinski definition) is 2. The van der Waals surface area contributed by atoms with Crippen LogP contribution in [-0.4, -0.2) is 39.9 Å². The molecule has 1 spiro atoms. The molecule has 2 N–H and O–H groups in total. The molecule has 31 heavy (non-hydrogen) atoms. The number of hydrogen-bond acceptors (Lipinski definition) is 4. The third kappa shape index (κ3) is 3.89. The fourth-order valence-electron chi connectivity index (χ4n) is 5.23. The Morgan fingerprint density at radius 1 is 1.23 bits per heavy atom. The molecule has 0 bridgehead atoms. The van der Waals surface area contributed by atoms with E-state index in [-0.39, 0.29) is 17.0 Å². The number of piperidine rings is 1. The van der Waals surface area contributed by atoms with Crippen LogP contribution in [0.25, 0.3) is 5.69 Å². The molecule has 4 rings (SSSR count). The summed E-state index contributed by atoms with van der Waals surface area (Å²) in [4.78, 5) is 31.4. The molecule has 166 valence electrons. The van der Waals surface area contributed by atoms with E-state index in [1.165, 1.54) is 4.57 Å². The van der Waals surface area contributed by atoms with Crippen LogP contribution in [0.2, 0.25) is 10.0 Å². The third-order valence-corrected chi connectivity index (χ3v) is 7.69. The van der Waals surface area contributed by atoms with E-state index in [2.05, 4.69) is 10.2 Å². The fourth-order valence-corrected chi connectivity index (χ4v) is 5.61. The number of benzene rings is 1. The minimum absolute atomic E-state index is 0.000847. The number of aromatic nitrogens is 2. The highest BCUT2D eigenvalue weighted by molar-refractivity contribution is 6.43. The van der Waals surface area contributed by atoms with E-state index >= 15 is 0 Å². The highest BCUT2D eigenvalue weighted by atomic mass is 35.5. The van der Waals surface area contributed by atoms with Crippen molar-refractivity contribution in [1.82, 2.24) is 14.9 Å². The van der Waals surface area contributed by atoms with Crippen LogP contribution in [0.3, 0.4) is 0 Å². The van der Waals surface area contributed by atoms with E-state index in [9.17, 15) is 14.7 Å². The van der Waals surface area contributed by atoms with Gasteiger partial charge < -0.3 is 15.3 Å². The lowest BCUT2D eigenvalue weighted by Crippen LogP contribution is -2.50. The highest BCUT2D eigenvalue weighted by Gasteiger charge is 2.45. The molecule has 1 atom stereocenters. The average molecular weight is 465 g/mol. The Balaban J connectivity index is 1.62. The van der Waals surface area contributed by atoms with Crippen LogP contribution in [0.5, 0.6) is 0 Å². The van der Waals surface area contributed by atoms with Gasteiger partial charge in [0, 0.05) is 19.1 Å². The van der Waals surface area contributed by atoms with Crippen molar-refractivity contribution in [3.05, 3.63) is 50.0 Å².